The summed E-state index contributed by atoms with van der Waals surface area (Å²) in [6, 6.07) is 8.36. The highest BCUT2D eigenvalue weighted by Gasteiger charge is 2.40. The standard InChI is InChI=1S/C41H49N9O6/c1-20(2)31(42-22(5)51)39(52)49-17-8-10-30(49)37-44-27-15-16-28-35(34(27)47-37)56-38(45-28)24-11-13-25-23(19-24)12-14-26-33(25)46-36(43-26)29-9-7-18-50(29)40(53)32(21(3)4)48-41(54)55-6/h11-14,19-21,29-32H,7-10,15-18H2,1-6H3,(H,42,51)(H,43,46)(H,44,47)(H,48,54)/t29-,30-,31-,32-/m0/s1. The van der Waals surface area contributed by atoms with Crippen molar-refractivity contribution in [1.82, 2.24) is 45.4 Å². The Morgan fingerprint density at radius 2 is 1.46 bits per heavy atom. The summed E-state index contributed by atoms with van der Waals surface area (Å²) in [5.74, 6) is 2.00. The van der Waals surface area contributed by atoms with Crippen LogP contribution in [0, 0.1) is 11.8 Å². The molecule has 0 unspecified atom stereocenters. The largest absolute Gasteiger partial charge is 0.453 e. The van der Waals surface area contributed by atoms with Crippen LogP contribution in [0.1, 0.15) is 95.4 Å². The molecule has 0 saturated carbocycles. The predicted octanol–water partition coefficient (Wildman–Crippen LogP) is 5.73. The minimum absolute atomic E-state index is 0.0484. The Bertz CT molecular complexity index is 2340. The van der Waals surface area contributed by atoms with Gasteiger partial charge in [0.2, 0.25) is 23.6 Å². The number of fused-ring (bicyclic) bond motifs is 6. The van der Waals surface area contributed by atoms with E-state index in [2.05, 4.69) is 26.7 Å². The van der Waals surface area contributed by atoms with Gasteiger partial charge in [-0.25, -0.2) is 19.7 Å². The van der Waals surface area contributed by atoms with E-state index in [1.54, 1.807) is 0 Å². The van der Waals surface area contributed by atoms with Crippen LogP contribution in [0.5, 0.6) is 0 Å². The zero-order valence-corrected chi connectivity index (χ0v) is 32.7. The minimum Gasteiger partial charge on any atom is -0.453 e. The van der Waals surface area contributed by atoms with E-state index in [1.165, 1.54) is 14.0 Å². The number of aromatic nitrogens is 5. The number of benzene rings is 2. The third-order valence-electron chi connectivity index (χ3n) is 11.4. The topological polar surface area (TPSA) is 191 Å². The van der Waals surface area contributed by atoms with Crippen molar-refractivity contribution >= 4 is 45.6 Å². The molecule has 2 fully saturated rings. The lowest BCUT2D eigenvalue weighted by molar-refractivity contribution is -0.138. The van der Waals surface area contributed by atoms with E-state index in [0.29, 0.717) is 37.6 Å². The summed E-state index contributed by atoms with van der Waals surface area (Å²) in [6.07, 6.45) is 3.99. The second-order valence-electron chi connectivity index (χ2n) is 15.9. The Morgan fingerprint density at radius 3 is 2.11 bits per heavy atom. The predicted molar refractivity (Wildman–Crippen MR) is 208 cm³/mol. The zero-order valence-electron chi connectivity index (χ0n) is 32.7. The molecule has 294 valence electrons. The first-order valence-corrected chi connectivity index (χ1v) is 19.7. The summed E-state index contributed by atoms with van der Waals surface area (Å²) in [6.45, 7) is 10.3. The number of hydrogen-bond donors (Lipinski definition) is 4. The third-order valence-corrected chi connectivity index (χ3v) is 11.4. The van der Waals surface area contributed by atoms with Crippen molar-refractivity contribution in [2.45, 2.75) is 97.3 Å². The van der Waals surface area contributed by atoms with Gasteiger partial charge in [-0.05, 0) is 73.9 Å². The number of ether oxygens (including phenoxy) is 1. The van der Waals surface area contributed by atoms with Gasteiger partial charge < -0.3 is 39.6 Å². The smallest absolute Gasteiger partial charge is 0.407 e. The van der Waals surface area contributed by atoms with Crippen molar-refractivity contribution in [2.75, 3.05) is 20.2 Å². The van der Waals surface area contributed by atoms with E-state index in [4.69, 9.17) is 24.1 Å². The average Bonchev–Trinajstić information content (AvgIpc) is 4.02. The molecule has 0 spiro atoms. The number of amides is 4. The number of carbonyl (C=O) groups is 4. The summed E-state index contributed by atoms with van der Waals surface area (Å²) in [5, 5.41) is 7.52. The van der Waals surface area contributed by atoms with Crippen LogP contribution in [0.3, 0.4) is 0 Å². The van der Waals surface area contributed by atoms with Gasteiger partial charge in [-0.1, -0.05) is 39.8 Å². The van der Waals surface area contributed by atoms with Gasteiger partial charge in [0.25, 0.3) is 0 Å². The van der Waals surface area contributed by atoms with Crippen LogP contribution in [0.2, 0.25) is 0 Å². The minimum atomic E-state index is -0.706. The van der Waals surface area contributed by atoms with Crippen molar-refractivity contribution in [3.8, 4) is 22.9 Å². The Morgan fingerprint density at radius 1 is 0.821 bits per heavy atom. The van der Waals surface area contributed by atoms with Gasteiger partial charge in [-0.2, -0.15) is 0 Å². The first-order chi connectivity index (χ1) is 26.9. The van der Waals surface area contributed by atoms with E-state index < -0.39 is 18.2 Å². The molecule has 4 atom stereocenters. The van der Waals surface area contributed by atoms with E-state index in [9.17, 15) is 19.2 Å². The highest BCUT2D eigenvalue weighted by atomic mass is 16.5. The molecule has 0 bridgehead atoms. The molecule has 5 aromatic rings. The molecule has 1 aliphatic carbocycles. The van der Waals surface area contributed by atoms with E-state index >= 15 is 0 Å². The van der Waals surface area contributed by atoms with Crippen LogP contribution >= 0.6 is 0 Å². The lowest BCUT2D eigenvalue weighted by Gasteiger charge is -2.30. The van der Waals surface area contributed by atoms with Gasteiger partial charge in [0.15, 0.2) is 5.76 Å². The van der Waals surface area contributed by atoms with E-state index in [-0.39, 0.29) is 41.6 Å². The molecule has 3 aromatic heterocycles. The van der Waals surface area contributed by atoms with Crippen molar-refractivity contribution < 1.29 is 28.3 Å². The number of nitrogens with one attached hydrogen (secondary N) is 4. The van der Waals surface area contributed by atoms with Crippen LogP contribution in [0.15, 0.2) is 34.7 Å². The number of aryl methyl sites for hydroxylation is 2. The average molecular weight is 764 g/mol. The van der Waals surface area contributed by atoms with Crippen LogP contribution in [0.4, 0.5) is 4.79 Å². The molecule has 56 heavy (non-hydrogen) atoms. The van der Waals surface area contributed by atoms with Crippen LogP contribution in [0.25, 0.3) is 44.7 Å². The number of H-pyrrole nitrogens is 2. The lowest BCUT2D eigenvalue weighted by Crippen LogP contribution is -2.51. The molecule has 3 aliphatic rings. The molecule has 15 nitrogen and oxygen atoms in total. The molecule has 2 aliphatic heterocycles. The quantitative estimate of drug-likeness (QED) is 0.145. The molecule has 8 rings (SSSR count). The number of alkyl carbamates (subject to hydrolysis) is 1. The van der Waals surface area contributed by atoms with Gasteiger partial charge in [0.1, 0.15) is 29.4 Å². The number of oxazole rings is 1. The molecular weight excluding hydrogens is 715 g/mol. The third kappa shape index (κ3) is 6.66. The number of likely N-dealkylation sites (tertiary alicyclic amines) is 2. The lowest BCUT2D eigenvalue weighted by atomic mass is 10.0. The first-order valence-electron chi connectivity index (χ1n) is 19.7. The fourth-order valence-corrected chi connectivity index (χ4v) is 8.57. The molecule has 2 saturated heterocycles. The second kappa shape index (κ2) is 14.7. The summed E-state index contributed by atoms with van der Waals surface area (Å²) in [7, 11) is 1.29. The van der Waals surface area contributed by atoms with Crippen LogP contribution < -0.4 is 10.6 Å². The van der Waals surface area contributed by atoms with Crippen LogP contribution in [-0.4, -0.2) is 90.8 Å². The molecule has 4 N–H and O–H groups in total. The molecule has 15 heteroatoms. The van der Waals surface area contributed by atoms with Crippen molar-refractivity contribution in [3.63, 3.8) is 0 Å². The Balaban J connectivity index is 1.04. The summed E-state index contributed by atoms with van der Waals surface area (Å²) in [4.78, 5) is 76.8. The number of imidazole rings is 2. The van der Waals surface area contributed by atoms with Crippen molar-refractivity contribution in [2.24, 2.45) is 11.8 Å². The number of rotatable bonds is 9. The van der Waals surface area contributed by atoms with Gasteiger partial charge in [0.05, 0.1) is 41.6 Å². The van der Waals surface area contributed by atoms with Crippen molar-refractivity contribution in [1.29, 1.82) is 0 Å². The SMILES string of the molecule is COC(=O)N[C@H](C(=O)N1CCC[C@H]1c1nc2ccc3cc(-c4nc5c(o4)-c4[nH]c([C@@H]6CCCN6C(=O)[C@@H](NC(C)=O)C(C)C)nc4CC5)ccc3c2[nH]1)C(C)C. The fraction of sp³-hybridized carbons (Fsp3) is 0.488. The zero-order chi connectivity index (χ0) is 39.4. The summed E-state index contributed by atoms with van der Waals surface area (Å²) in [5.41, 5.74) is 5.08. The molecule has 5 heterocycles. The van der Waals surface area contributed by atoms with Gasteiger partial charge in [0, 0.05) is 31.0 Å². The summed E-state index contributed by atoms with van der Waals surface area (Å²) >= 11 is 0. The van der Waals surface area contributed by atoms with E-state index in [0.717, 1.165) is 81.8 Å². The number of nitrogens with zero attached hydrogens (tertiary/aromatic N) is 5. The Kier molecular flexibility index (Phi) is 9.79. The number of aromatic amines is 2. The molecule has 0 radical (unpaired) electrons. The second-order valence-corrected chi connectivity index (χ2v) is 15.9. The van der Waals surface area contributed by atoms with Gasteiger partial charge >= 0.3 is 6.09 Å². The van der Waals surface area contributed by atoms with E-state index in [1.807, 2.05) is 61.8 Å². The van der Waals surface area contributed by atoms with Crippen molar-refractivity contribution in [3.05, 3.63) is 53.4 Å². The molecule has 4 amide bonds. The Labute approximate surface area is 324 Å². The highest BCUT2D eigenvalue weighted by Crippen LogP contribution is 2.40. The highest BCUT2D eigenvalue weighted by molar-refractivity contribution is 6.05. The first kappa shape index (κ1) is 37.2. The van der Waals surface area contributed by atoms with Gasteiger partial charge in [-0.15, -0.1) is 0 Å². The Hall–Kier alpha value is -5.73. The maximum absolute atomic E-state index is 13.7. The number of methoxy groups -OCH3 is 1. The van der Waals surface area contributed by atoms with Crippen LogP contribution in [-0.2, 0) is 32.0 Å². The molecular formula is C41H49N9O6. The maximum atomic E-state index is 13.7. The van der Waals surface area contributed by atoms with Gasteiger partial charge in [-0.3, -0.25) is 14.4 Å². The fourth-order valence-electron chi connectivity index (χ4n) is 8.57. The number of carbonyl (C=O) groups excluding carboxylic acids is 4. The summed E-state index contributed by atoms with van der Waals surface area (Å²) < 4.78 is 11.3. The maximum Gasteiger partial charge on any atom is 0.407 e. The number of hydrogen-bond acceptors (Lipinski definition) is 9. The molecule has 2 aromatic carbocycles. The monoisotopic (exact) mass is 763 g/mol. The normalized spacial score (nSPS) is 19.1.